The van der Waals surface area contributed by atoms with Gasteiger partial charge in [-0.25, -0.2) is 4.98 Å². The minimum Gasteiger partial charge on any atom is -0.455 e. The number of carbonyl (C=O) groups is 2. The second-order valence-corrected chi connectivity index (χ2v) is 10.1. The number of carbonyl (C=O) groups excluding carboxylic acids is 2. The smallest absolute Gasteiger partial charge is 0.268 e. The van der Waals surface area contributed by atoms with Crippen molar-refractivity contribution >= 4 is 58.0 Å². The van der Waals surface area contributed by atoms with Gasteiger partial charge in [-0.15, -0.1) is 0 Å². The van der Waals surface area contributed by atoms with Crippen molar-refractivity contribution in [1.82, 2.24) is 19.8 Å². The maximum Gasteiger partial charge on any atom is 0.268 e. The number of hydrogen-bond acceptors (Lipinski definition) is 8. The highest BCUT2D eigenvalue weighted by atomic mass is 35.5. The summed E-state index contributed by atoms with van der Waals surface area (Å²) < 4.78 is 5.75. The molecule has 1 aromatic heterocycles. The van der Waals surface area contributed by atoms with Crippen molar-refractivity contribution in [2.45, 2.75) is 0 Å². The summed E-state index contributed by atoms with van der Waals surface area (Å²) in [6.07, 6.45) is 1.43. The number of hydrogen-bond donors (Lipinski definition) is 1. The molecular weight excluding hydrogens is 529 g/mol. The standard InChI is InChI=1S/C26H27Cl2N7O3/c1-32(2)15-22(36)34-12-10-33(11-13-34)18-8-6-17(7-9-18)30-26-29-14-19-24(31-26)38-16-35(25(19)37)23-20(27)4-3-5-21(23)28/h3-9,14H,10-13,15-16H2,1-2H3,(H,29,30,31). The topological polar surface area (TPSA) is 94.1 Å². The normalized spacial score (nSPS) is 15.4. The predicted octanol–water partition coefficient (Wildman–Crippen LogP) is 3.73. The summed E-state index contributed by atoms with van der Waals surface area (Å²) in [5.74, 6) is 0.303. The maximum absolute atomic E-state index is 13.1. The number of para-hydroxylation sites is 1. The van der Waals surface area contributed by atoms with Gasteiger partial charge in [-0.05, 0) is 50.5 Å². The molecule has 38 heavy (non-hydrogen) atoms. The molecular formula is C26H27Cl2N7O3. The third-order valence-corrected chi connectivity index (χ3v) is 6.95. The van der Waals surface area contributed by atoms with E-state index in [1.807, 2.05) is 48.2 Å². The van der Waals surface area contributed by atoms with Crippen LogP contribution in [0.2, 0.25) is 10.0 Å². The SMILES string of the molecule is CN(C)CC(=O)N1CCN(c2ccc(Nc3ncc4c(n3)OCN(c3c(Cl)cccc3Cl)C4=O)cc2)CC1. The number of fused-ring (bicyclic) bond motifs is 1. The molecule has 0 saturated carbocycles. The number of nitrogens with zero attached hydrogens (tertiary/aromatic N) is 6. The average molecular weight is 556 g/mol. The number of ether oxygens (including phenoxy) is 1. The summed E-state index contributed by atoms with van der Waals surface area (Å²) in [5, 5.41) is 3.85. The van der Waals surface area contributed by atoms with Crippen molar-refractivity contribution in [3.63, 3.8) is 0 Å². The summed E-state index contributed by atoms with van der Waals surface area (Å²) >= 11 is 12.5. The average Bonchev–Trinajstić information content (AvgIpc) is 2.90. The van der Waals surface area contributed by atoms with Crippen molar-refractivity contribution in [1.29, 1.82) is 0 Å². The van der Waals surface area contributed by atoms with Crippen LogP contribution in [0.1, 0.15) is 10.4 Å². The lowest BCUT2D eigenvalue weighted by Crippen LogP contribution is -2.50. The number of anilines is 4. The van der Waals surface area contributed by atoms with Gasteiger partial charge in [0, 0.05) is 43.8 Å². The Labute approximate surface area is 230 Å². The molecule has 1 N–H and O–H groups in total. The zero-order chi connectivity index (χ0) is 26.8. The molecule has 1 fully saturated rings. The number of amides is 2. The number of rotatable bonds is 6. The van der Waals surface area contributed by atoms with E-state index in [-0.39, 0.29) is 30.0 Å². The molecule has 5 rings (SSSR count). The summed E-state index contributed by atoms with van der Waals surface area (Å²) in [4.78, 5) is 41.5. The van der Waals surface area contributed by atoms with E-state index in [4.69, 9.17) is 27.9 Å². The fraction of sp³-hybridized carbons (Fsp3) is 0.308. The van der Waals surface area contributed by atoms with Crippen LogP contribution >= 0.6 is 23.2 Å². The summed E-state index contributed by atoms with van der Waals surface area (Å²) in [7, 11) is 3.80. The van der Waals surface area contributed by atoms with E-state index >= 15 is 0 Å². The summed E-state index contributed by atoms with van der Waals surface area (Å²) in [6, 6.07) is 12.9. The van der Waals surface area contributed by atoms with E-state index in [2.05, 4.69) is 20.2 Å². The van der Waals surface area contributed by atoms with E-state index in [1.54, 1.807) is 18.2 Å². The molecule has 0 aliphatic carbocycles. The van der Waals surface area contributed by atoms with E-state index in [0.717, 1.165) is 24.5 Å². The van der Waals surface area contributed by atoms with E-state index in [0.29, 0.717) is 41.3 Å². The van der Waals surface area contributed by atoms with Gasteiger partial charge >= 0.3 is 0 Å². The molecule has 0 bridgehead atoms. The van der Waals surface area contributed by atoms with Gasteiger partial charge in [0.15, 0.2) is 6.73 Å². The molecule has 3 aromatic rings. The fourth-order valence-corrected chi connectivity index (χ4v) is 5.00. The number of piperazine rings is 1. The molecule has 1 saturated heterocycles. The maximum atomic E-state index is 13.1. The second kappa shape index (κ2) is 11.0. The quantitative estimate of drug-likeness (QED) is 0.491. The van der Waals surface area contributed by atoms with Crippen LogP contribution in [-0.2, 0) is 4.79 Å². The van der Waals surface area contributed by atoms with Crippen LogP contribution in [0.15, 0.2) is 48.7 Å². The van der Waals surface area contributed by atoms with Crippen molar-refractivity contribution in [3.05, 3.63) is 64.3 Å². The molecule has 3 heterocycles. The first-order valence-corrected chi connectivity index (χ1v) is 12.9. The molecule has 0 radical (unpaired) electrons. The second-order valence-electron chi connectivity index (χ2n) is 9.27. The van der Waals surface area contributed by atoms with E-state index in [9.17, 15) is 9.59 Å². The Morgan fingerprint density at radius 3 is 2.39 bits per heavy atom. The Hall–Kier alpha value is -3.60. The first-order chi connectivity index (χ1) is 18.3. The van der Waals surface area contributed by atoms with Gasteiger partial charge in [0.1, 0.15) is 5.56 Å². The van der Waals surface area contributed by atoms with Crippen LogP contribution in [0, 0.1) is 0 Å². The van der Waals surface area contributed by atoms with Gasteiger partial charge < -0.3 is 24.8 Å². The fourth-order valence-electron chi connectivity index (χ4n) is 4.40. The van der Waals surface area contributed by atoms with Crippen molar-refractivity contribution in [3.8, 4) is 5.88 Å². The number of benzene rings is 2. The number of nitrogens with one attached hydrogen (secondary N) is 1. The number of halogens is 2. The lowest BCUT2D eigenvalue weighted by atomic mass is 10.2. The van der Waals surface area contributed by atoms with Crippen LogP contribution in [0.4, 0.5) is 23.0 Å². The number of likely N-dealkylation sites (N-methyl/N-ethyl adjacent to an activating group) is 1. The predicted molar refractivity (Wildman–Crippen MR) is 148 cm³/mol. The molecule has 12 heteroatoms. The monoisotopic (exact) mass is 555 g/mol. The Bertz CT molecular complexity index is 1320. The molecule has 0 spiro atoms. The molecule has 0 unspecified atom stereocenters. The first kappa shape index (κ1) is 26.0. The molecule has 0 atom stereocenters. The van der Waals surface area contributed by atoms with Crippen LogP contribution in [0.25, 0.3) is 0 Å². The van der Waals surface area contributed by atoms with Crippen molar-refractivity contribution in [2.24, 2.45) is 0 Å². The molecule has 2 aliphatic rings. The zero-order valence-corrected chi connectivity index (χ0v) is 22.5. The molecule has 2 aromatic carbocycles. The van der Waals surface area contributed by atoms with Crippen LogP contribution in [-0.4, -0.2) is 85.1 Å². The minimum atomic E-state index is -0.347. The number of aromatic nitrogens is 2. The van der Waals surface area contributed by atoms with E-state index in [1.165, 1.54) is 11.1 Å². The van der Waals surface area contributed by atoms with Crippen molar-refractivity contribution in [2.75, 3.05) is 68.7 Å². The molecule has 2 amide bonds. The van der Waals surface area contributed by atoms with Gasteiger partial charge in [0.2, 0.25) is 17.7 Å². The third-order valence-electron chi connectivity index (χ3n) is 6.34. The van der Waals surface area contributed by atoms with Gasteiger partial charge in [-0.1, -0.05) is 29.3 Å². The third kappa shape index (κ3) is 5.47. The Morgan fingerprint density at radius 2 is 1.74 bits per heavy atom. The molecule has 2 aliphatic heterocycles. The summed E-state index contributed by atoms with van der Waals surface area (Å²) in [5.41, 5.74) is 2.47. The largest absolute Gasteiger partial charge is 0.455 e. The van der Waals surface area contributed by atoms with Crippen molar-refractivity contribution < 1.29 is 14.3 Å². The minimum absolute atomic E-state index is 0.0750. The zero-order valence-electron chi connectivity index (χ0n) is 21.0. The highest BCUT2D eigenvalue weighted by Crippen LogP contribution is 2.37. The van der Waals surface area contributed by atoms with Crippen LogP contribution in [0.5, 0.6) is 5.88 Å². The van der Waals surface area contributed by atoms with Crippen LogP contribution < -0.4 is 19.9 Å². The first-order valence-electron chi connectivity index (χ1n) is 12.1. The molecule has 198 valence electrons. The Kier molecular flexibility index (Phi) is 7.55. The summed E-state index contributed by atoms with van der Waals surface area (Å²) in [6.45, 7) is 3.32. The lowest BCUT2D eigenvalue weighted by Gasteiger charge is -2.36. The Morgan fingerprint density at radius 1 is 1.05 bits per heavy atom. The Balaban J connectivity index is 1.22. The van der Waals surface area contributed by atoms with Gasteiger partial charge in [0.05, 0.1) is 22.3 Å². The highest BCUT2D eigenvalue weighted by molar-refractivity contribution is 6.40. The van der Waals surface area contributed by atoms with Crippen LogP contribution in [0.3, 0.4) is 0 Å². The lowest BCUT2D eigenvalue weighted by molar-refractivity contribution is -0.132. The van der Waals surface area contributed by atoms with E-state index < -0.39 is 0 Å². The van der Waals surface area contributed by atoms with Gasteiger partial charge in [0.25, 0.3) is 5.91 Å². The van der Waals surface area contributed by atoms with Gasteiger partial charge in [-0.2, -0.15) is 4.98 Å². The molecule has 10 nitrogen and oxygen atoms in total. The highest BCUT2D eigenvalue weighted by Gasteiger charge is 2.31. The van der Waals surface area contributed by atoms with Gasteiger partial charge in [-0.3, -0.25) is 14.5 Å².